The molecule has 1 aromatic carbocycles. The third-order valence-electron chi connectivity index (χ3n) is 2.23. The molecule has 15 heavy (non-hydrogen) atoms. The second kappa shape index (κ2) is 4.75. The van der Waals surface area contributed by atoms with E-state index in [1.165, 1.54) is 19.2 Å². The molecular formula is C10H13NO4. The Kier molecular flexibility index (Phi) is 3.62. The van der Waals surface area contributed by atoms with Crippen molar-refractivity contribution in [1.82, 2.24) is 0 Å². The molecule has 1 aromatic rings. The molecule has 1 atom stereocenters. The van der Waals surface area contributed by atoms with E-state index in [-0.39, 0.29) is 18.2 Å². The van der Waals surface area contributed by atoms with Crippen molar-refractivity contribution in [2.24, 2.45) is 0 Å². The number of aliphatic hydroxyl groups excluding tert-OH is 1. The van der Waals surface area contributed by atoms with Crippen molar-refractivity contribution in [2.75, 3.05) is 13.7 Å². The summed E-state index contributed by atoms with van der Waals surface area (Å²) >= 11 is 0. The van der Waals surface area contributed by atoms with Crippen molar-refractivity contribution in [3.63, 3.8) is 0 Å². The van der Waals surface area contributed by atoms with E-state index in [1.807, 2.05) is 0 Å². The fourth-order valence-corrected chi connectivity index (χ4v) is 1.32. The first-order valence-electron chi connectivity index (χ1n) is 4.53. The number of ether oxygens (including phenoxy) is 1. The van der Waals surface area contributed by atoms with E-state index < -0.39 is 4.92 Å². The Morgan fingerprint density at radius 3 is 2.73 bits per heavy atom. The van der Waals surface area contributed by atoms with Gasteiger partial charge in [0.1, 0.15) is 5.75 Å². The molecule has 1 rings (SSSR count). The van der Waals surface area contributed by atoms with E-state index in [1.54, 1.807) is 13.0 Å². The van der Waals surface area contributed by atoms with Crippen LogP contribution in [0.2, 0.25) is 0 Å². The molecular weight excluding hydrogens is 198 g/mol. The molecule has 5 nitrogen and oxygen atoms in total. The predicted molar refractivity (Wildman–Crippen MR) is 55.1 cm³/mol. The van der Waals surface area contributed by atoms with Crippen LogP contribution in [0.25, 0.3) is 0 Å². The summed E-state index contributed by atoms with van der Waals surface area (Å²) in [5.74, 6) is 0.377. The van der Waals surface area contributed by atoms with Crippen LogP contribution in [0.15, 0.2) is 18.2 Å². The zero-order valence-electron chi connectivity index (χ0n) is 8.64. The van der Waals surface area contributed by atoms with Crippen molar-refractivity contribution in [1.29, 1.82) is 0 Å². The molecule has 5 heteroatoms. The maximum absolute atomic E-state index is 10.6. The second-order valence-electron chi connectivity index (χ2n) is 3.27. The first kappa shape index (κ1) is 11.5. The molecule has 0 aliphatic rings. The Labute approximate surface area is 87.5 Å². The Morgan fingerprint density at radius 2 is 2.27 bits per heavy atom. The van der Waals surface area contributed by atoms with Gasteiger partial charge in [0.2, 0.25) is 0 Å². The number of methoxy groups -OCH3 is 1. The topological polar surface area (TPSA) is 72.6 Å². The van der Waals surface area contributed by atoms with Crippen LogP contribution < -0.4 is 4.74 Å². The summed E-state index contributed by atoms with van der Waals surface area (Å²) in [6.45, 7) is 1.71. The lowest BCUT2D eigenvalue weighted by Crippen LogP contribution is -2.02. The van der Waals surface area contributed by atoms with E-state index >= 15 is 0 Å². The fourth-order valence-electron chi connectivity index (χ4n) is 1.32. The summed E-state index contributed by atoms with van der Waals surface area (Å²) in [6.07, 6.45) is 0. The van der Waals surface area contributed by atoms with Crippen LogP contribution in [0.3, 0.4) is 0 Å². The smallest absolute Gasteiger partial charge is 0.269 e. The number of hydrogen-bond donors (Lipinski definition) is 1. The maximum Gasteiger partial charge on any atom is 0.269 e. The van der Waals surface area contributed by atoms with Crippen molar-refractivity contribution < 1.29 is 14.8 Å². The largest absolute Gasteiger partial charge is 0.496 e. The van der Waals surface area contributed by atoms with Gasteiger partial charge in [0, 0.05) is 30.2 Å². The lowest BCUT2D eigenvalue weighted by atomic mass is 10.0. The molecule has 0 bridgehead atoms. The Morgan fingerprint density at radius 1 is 1.60 bits per heavy atom. The SMILES string of the molecule is COc1ccc([N+](=O)[O-])cc1C(C)CO. The number of nitro groups is 1. The predicted octanol–water partition coefficient (Wildman–Crippen LogP) is 1.70. The van der Waals surface area contributed by atoms with Crippen LogP contribution in [0.5, 0.6) is 5.75 Å². The molecule has 0 aromatic heterocycles. The quantitative estimate of drug-likeness (QED) is 0.607. The van der Waals surface area contributed by atoms with Crippen LogP contribution in [0.1, 0.15) is 18.4 Å². The summed E-state index contributed by atoms with van der Waals surface area (Å²) in [4.78, 5) is 10.1. The molecule has 82 valence electrons. The molecule has 0 heterocycles. The van der Waals surface area contributed by atoms with Crippen LogP contribution in [0, 0.1) is 10.1 Å². The molecule has 0 radical (unpaired) electrons. The lowest BCUT2D eigenvalue weighted by Gasteiger charge is -2.12. The van der Waals surface area contributed by atoms with Crippen LogP contribution in [-0.4, -0.2) is 23.7 Å². The average Bonchev–Trinajstić information content (AvgIpc) is 2.27. The molecule has 1 unspecified atom stereocenters. The zero-order chi connectivity index (χ0) is 11.4. The first-order valence-corrected chi connectivity index (χ1v) is 4.53. The van der Waals surface area contributed by atoms with E-state index in [9.17, 15) is 10.1 Å². The highest BCUT2D eigenvalue weighted by Crippen LogP contribution is 2.29. The highest BCUT2D eigenvalue weighted by Gasteiger charge is 2.15. The van der Waals surface area contributed by atoms with Gasteiger partial charge in [-0.2, -0.15) is 0 Å². The number of non-ortho nitro benzene ring substituents is 1. The monoisotopic (exact) mass is 211 g/mol. The van der Waals surface area contributed by atoms with Gasteiger partial charge in [-0.3, -0.25) is 10.1 Å². The zero-order valence-corrected chi connectivity index (χ0v) is 8.64. The summed E-state index contributed by atoms with van der Waals surface area (Å²) in [5, 5.41) is 19.6. The Hall–Kier alpha value is -1.62. The van der Waals surface area contributed by atoms with E-state index in [2.05, 4.69) is 0 Å². The van der Waals surface area contributed by atoms with Crippen molar-refractivity contribution in [3.8, 4) is 5.75 Å². The van der Waals surface area contributed by atoms with Crippen molar-refractivity contribution in [3.05, 3.63) is 33.9 Å². The van der Waals surface area contributed by atoms with Gasteiger partial charge in [0.15, 0.2) is 0 Å². The third-order valence-corrected chi connectivity index (χ3v) is 2.23. The average molecular weight is 211 g/mol. The van der Waals surface area contributed by atoms with Crippen LogP contribution in [-0.2, 0) is 0 Å². The van der Waals surface area contributed by atoms with Crippen molar-refractivity contribution >= 4 is 5.69 Å². The van der Waals surface area contributed by atoms with Gasteiger partial charge in [-0.1, -0.05) is 6.92 Å². The molecule has 0 spiro atoms. The lowest BCUT2D eigenvalue weighted by molar-refractivity contribution is -0.385. The first-order chi connectivity index (χ1) is 7.10. The molecule has 0 aliphatic carbocycles. The molecule has 0 fully saturated rings. The number of aliphatic hydroxyl groups is 1. The highest BCUT2D eigenvalue weighted by molar-refractivity contribution is 5.45. The second-order valence-corrected chi connectivity index (χ2v) is 3.27. The van der Waals surface area contributed by atoms with E-state index in [0.29, 0.717) is 11.3 Å². The van der Waals surface area contributed by atoms with E-state index in [0.717, 1.165) is 0 Å². The van der Waals surface area contributed by atoms with Gasteiger partial charge in [-0.15, -0.1) is 0 Å². The number of rotatable bonds is 4. The Balaban J connectivity index is 3.18. The summed E-state index contributed by atoms with van der Waals surface area (Å²) in [6, 6.07) is 4.35. The van der Waals surface area contributed by atoms with Gasteiger partial charge in [0.05, 0.1) is 12.0 Å². The number of benzene rings is 1. The number of hydrogen-bond acceptors (Lipinski definition) is 4. The van der Waals surface area contributed by atoms with Gasteiger partial charge < -0.3 is 9.84 Å². The normalized spacial score (nSPS) is 12.2. The molecule has 0 saturated carbocycles. The maximum atomic E-state index is 10.6. The van der Waals surface area contributed by atoms with E-state index in [4.69, 9.17) is 9.84 Å². The highest BCUT2D eigenvalue weighted by atomic mass is 16.6. The molecule has 0 saturated heterocycles. The molecule has 0 aliphatic heterocycles. The van der Waals surface area contributed by atoms with Gasteiger partial charge in [-0.05, 0) is 6.07 Å². The van der Waals surface area contributed by atoms with Gasteiger partial charge >= 0.3 is 0 Å². The van der Waals surface area contributed by atoms with Crippen molar-refractivity contribution in [2.45, 2.75) is 12.8 Å². The standard InChI is InChI=1S/C10H13NO4/c1-7(6-12)9-5-8(11(13)14)3-4-10(9)15-2/h3-5,7,12H,6H2,1-2H3. The molecule has 0 amide bonds. The number of nitrogens with zero attached hydrogens (tertiary/aromatic N) is 1. The summed E-state index contributed by atoms with van der Waals surface area (Å²) in [5.41, 5.74) is 0.653. The van der Waals surface area contributed by atoms with Crippen LogP contribution in [0.4, 0.5) is 5.69 Å². The minimum atomic E-state index is -0.465. The summed E-state index contributed by atoms with van der Waals surface area (Å²) in [7, 11) is 1.49. The van der Waals surface area contributed by atoms with Gasteiger partial charge in [-0.25, -0.2) is 0 Å². The minimum Gasteiger partial charge on any atom is -0.496 e. The Bertz CT molecular complexity index is 364. The third kappa shape index (κ3) is 2.44. The molecule has 1 N–H and O–H groups in total. The summed E-state index contributed by atoms with van der Waals surface area (Å²) < 4.78 is 5.07. The number of nitro benzene ring substituents is 1. The minimum absolute atomic E-state index is 0.00565. The van der Waals surface area contributed by atoms with Gasteiger partial charge in [0.25, 0.3) is 5.69 Å². The fraction of sp³-hybridized carbons (Fsp3) is 0.400. The van der Waals surface area contributed by atoms with Crippen LogP contribution >= 0.6 is 0 Å².